The Morgan fingerprint density at radius 1 is 1.37 bits per heavy atom. The number of nitrogens with zero attached hydrogens (tertiary/aromatic N) is 1. The van der Waals surface area contributed by atoms with Crippen LogP contribution in [-0.2, 0) is 4.79 Å². The van der Waals surface area contributed by atoms with Gasteiger partial charge in [0.2, 0.25) is 5.91 Å². The Hall–Kier alpha value is -2.11. The number of carbonyl (C=O) groups is 1. The maximum Gasteiger partial charge on any atom is 0.272 e. The minimum Gasteiger partial charge on any atom is -0.385 e. The van der Waals surface area contributed by atoms with Gasteiger partial charge in [-0.15, -0.1) is 0 Å². The predicted molar refractivity (Wildman–Crippen MR) is 74.2 cm³/mol. The Balaban J connectivity index is 2.44. The van der Waals surface area contributed by atoms with Crippen molar-refractivity contribution in [2.24, 2.45) is 0 Å². The maximum atomic E-state index is 11.4. The zero-order chi connectivity index (χ0) is 14.3. The molecule has 0 fully saturated rings. The highest BCUT2D eigenvalue weighted by Gasteiger charge is 2.09. The lowest BCUT2D eigenvalue weighted by Gasteiger charge is -2.07. The van der Waals surface area contributed by atoms with Crippen LogP contribution in [0.25, 0.3) is 0 Å². The van der Waals surface area contributed by atoms with E-state index in [1.54, 1.807) is 19.1 Å². The molecule has 1 amide bonds. The number of hydrogen-bond donors (Lipinski definition) is 2. The third-order valence-corrected chi connectivity index (χ3v) is 2.65. The molecule has 2 N–H and O–H groups in total. The van der Waals surface area contributed by atoms with Crippen molar-refractivity contribution in [1.82, 2.24) is 5.32 Å². The second kappa shape index (κ2) is 7.35. The van der Waals surface area contributed by atoms with Crippen LogP contribution in [0.15, 0.2) is 18.2 Å². The molecule has 6 nitrogen and oxygen atoms in total. The first-order valence-electron chi connectivity index (χ1n) is 6.30. The van der Waals surface area contributed by atoms with Gasteiger partial charge in [0.25, 0.3) is 5.69 Å². The summed E-state index contributed by atoms with van der Waals surface area (Å²) in [5.74, 6) is 0.00739. The number of nitro benzene ring substituents is 1. The van der Waals surface area contributed by atoms with Gasteiger partial charge in [0.15, 0.2) is 0 Å². The summed E-state index contributed by atoms with van der Waals surface area (Å²) in [5.41, 5.74) is 1.49. The lowest BCUT2D eigenvalue weighted by molar-refractivity contribution is -0.385. The van der Waals surface area contributed by atoms with Gasteiger partial charge >= 0.3 is 0 Å². The number of anilines is 1. The van der Waals surface area contributed by atoms with E-state index in [2.05, 4.69) is 10.6 Å². The first kappa shape index (κ1) is 14.9. The summed E-state index contributed by atoms with van der Waals surface area (Å²) in [6.07, 6.45) is 1.30. The van der Waals surface area contributed by atoms with Crippen LogP contribution < -0.4 is 10.6 Å². The Labute approximate surface area is 112 Å². The van der Waals surface area contributed by atoms with Crippen molar-refractivity contribution >= 4 is 17.3 Å². The average molecular weight is 265 g/mol. The molecule has 0 aliphatic carbocycles. The summed E-state index contributed by atoms with van der Waals surface area (Å²) in [6, 6.07) is 4.83. The second-order valence-corrected chi connectivity index (χ2v) is 4.29. The summed E-state index contributed by atoms with van der Waals surface area (Å²) in [6.45, 7) is 4.89. The molecule has 0 aliphatic rings. The second-order valence-electron chi connectivity index (χ2n) is 4.29. The Bertz CT molecular complexity index is 460. The molecule has 0 aromatic heterocycles. The molecule has 0 bridgehead atoms. The standard InChI is InChI=1S/C13H19N3O3/c1-3-7-15-13(17)6-8-14-11-4-5-12(16(18)19)10(2)9-11/h4-5,9,14H,3,6-8H2,1-2H3,(H,15,17). The third kappa shape index (κ3) is 4.95. The SMILES string of the molecule is CCCNC(=O)CCNc1ccc([N+](=O)[O-])c(C)c1. The molecule has 0 radical (unpaired) electrons. The van der Waals surface area contributed by atoms with Crippen molar-refractivity contribution in [3.63, 3.8) is 0 Å². The maximum absolute atomic E-state index is 11.4. The van der Waals surface area contributed by atoms with Crippen LogP contribution in [0.4, 0.5) is 11.4 Å². The van der Waals surface area contributed by atoms with Gasteiger partial charge in [-0.05, 0) is 25.5 Å². The Morgan fingerprint density at radius 2 is 2.11 bits per heavy atom. The van der Waals surface area contributed by atoms with Gasteiger partial charge in [-0.25, -0.2) is 0 Å². The lowest BCUT2D eigenvalue weighted by Crippen LogP contribution is -2.25. The highest BCUT2D eigenvalue weighted by Crippen LogP contribution is 2.21. The van der Waals surface area contributed by atoms with Crippen LogP contribution in [0.5, 0.6) is 0 Å². The number of aryl methyl sites for hydroxylation is 1. The van der Waals surface area contributed by atoms with Crippen molar-refractivity contribution in [1.29, 1.82) is 0 Å². The summed E-state index contributed by atoms with van der Waals surface area (Å²) in [5, 5.41) is 16.5. The quantitative estimate of drug-likeness (QED) is 0.585. The van der Waals surface area contributed by atoms with E-state index in [9.17, 15) is 14.9 Å². The highest BCUT2D eigenvalue weighted by molar-refractivity contribution is 5.76. The molecule has 1 aromatic rings. The number of benzene rings is 1. The summed E-state index contributed by atoms with van der Waals surface area (Å²) in [7, 11) is 0. The number of hydrogen-bond acceptors (Lipinski definition) is 4. The molecule has 0 saturated carbocycles. The van der Waals surface area contributed by atoms with E-state index in [1.165, 1.54) is 6.07 Å². The molecule has 6 heteroatoms. The van der Waals surface area contributed by atoms with Crippen LogP contribution >= 0.6 is 0 Å². The van der Waals surface area contributed by atoms with Crippen LogP contribution in [0, 0.1) is 17.0 Å². The molecule has 0 unspecified atom stereocenters. The van der Waals surface area contributed by atoms with Crippen LogP contribution in [-0.4, -0.2) is 23.9 Å². The number of amides is 1. The Morgan fingerprint density at radius 3 is 2.68 bits per heavy atom. The summed E-state index contributed by atoms with van der Waals surface area (Å²) >= 11 is 0. The molecule has 0 atom stereocenters. The van der Waals surface area contributed by atoms with Gasteiger partial charge < -0.3 is 10.6 Å². The first-order chi connectivity index (χ1) is 9.04. The minimum absolute atomic E-state index is 0.00739. The van der Waals surface area contributed by atoms with E-state index in [1.807, 2.05) is 6.92 Å². The molecule has 0 spiro atoms. The van der Waals surface area contributed by atoms with Gasteiger partial charge in [0.05, 0.1) is 4.92 Å². The smallest absolute Gasteiger partial charge is 0.272 e. The fourth-order valence-electron chi connectivity index (χ4n) is 1.64. The van der Waals surface area contributed by atoms with Crippen molar-refractivity contribution in [2.45, 2.75) is 26.7 Å². The number of nitro groups is 1. The van der Waals surface area contributed by atoms with E-state index in [-0.39, 0.29) is 11.6 Å². The van der Waals surface area contributed by atoms with Gasteiger partial charge in [0, 0.05) is 36.8 Å². The van der Waals surface area contributed by atoms with Crippen molar-refractivity contribution in [3.05, 3.63) is 33.9 Å². The predicted octanol–water partition coefficient (Wildman–Crippen LogP) is 2.23. The zero-order valence-corrected chi connectivity index (χ0v) is 11.2. The lowest BCUT2D eigenvalue weighted by atomic mass is 10.2. The molecule has 0 aliphatic heterocycles. The molecule has 104 valence electrons. The van der Waals surface area contributed by atoms with E-state index < -0.39 is 4.92 Å². The molecular formula is C13H19N3O3. The van der Waals surface area contributed by atoms with Crippen molar-refractivity contribution in [3.8, 4) is 0 Å². The molecule has 0 heterocycles. The largest absolute Gasteiger partial charge is 0.385 e. The Kier molecular flexibility index (Phi) is 5.78. The highest BCUT2D eigenvalue weighted by atomic mass is 16.6. The van der Waals surface area contributed by atoms with Crippen LogP contribution in [0.1, 0.15) is 25.3 Å². The molecule has 1 rings (SSSR count). The van der Waals surface area contributed by atoms with Crippen LogP contribution in [0.3, 0.4) is 0 Å². The zero-order valence-electron chi connectivity index (χ0n) is 11.2. The summed E-state index contributed by atoms with van der Waals surface area (Å²) in [4.78, 5) is 21.6. The fourth-order valence-corrected chi connectivity index (χ4v) is 1.64. The molecular weight excluding hydrogens is 246 g/mol. The normalized spacial score (nSPS) is 10.0. The van der Waals surface area contributed by atoms with Gasteiger partial charge in [-0.3, -0.25) is 14.9 Å². The number of rotatable bonds is 7. The van der Waals surface area contributed by atoms with Gasteiger partial charge in [0.1, 0.15) is 0 Å². The van der Waals surface area contributed by atoms with E-state index >= 15 is 0 Å². The van der Waals surface area contributed by atoms with Crippen molar-refractivity contribution < 1.29 is 9.72 Å². The van der Waals surface area contributed by atoms with Gasteiger partial charge in [-0.1, -0.05) is 6.92 Å². The molecule has 19 heavy (non-hydrogen) atoms. The average Bonchev–Trinajstić information content (AvgIpc) is 2.36. The molecule has 1 aromatic carbocycles. The molecule has 0 saturated heterocycles. The monoisotopic (exact) mass is 265 g/mol. The fraction of sp³-hybridized carbons (Fsp3) is 0.462. The van der Waals surface area contributed by atoms with E-state index in [0.717, 1.165) is 12.1 Å². The minimum atomic E-state index is -0.405. The van der Waals surface area contributed by atoms with Crippen molar-refractivity contribution in [2.75, 3.05) is 18.4 Å². The number of carbonyl (C=O) groups excluding carboxylic acids is 1. The summed E-state index contributed by atoms with van der Waals surface area (Å²) < 4.78 is 0. The number of nitrogens with one attached hydrogen (secondary N) is 2. The van der Waals surface area contributed by atoms with Crippen LogP contribution in [0.2, 0.25) is 0 Å². The van der Waals surface area contributed by atoms with E-state index in [4.69, 9.17) is 0 Å². The van der Waals surface area contributed by atoms with Gasteiger partial charge in [-0.2, -0.15) is 0 Å². The third-order valence-electron chi connectivity index (χ3n) is 2.65. The first-order valence-corrected chi connectivity index (χ1v) is 6.30. The van der Waals surface area contributed by atoms with E-state index in [0.29, 0.717) is 25.1 Å². The topological polar surface area (TPSA) is 84.3 Å².